The van der Waals surface area contributed by atoms with E-state index >= 15 is 0 Å². The number of hydrogen-bond acceptors (Lipinski definition) is 3. The Labute approximate surface area is 123 Å². The summed E-state index contributed by atoms with van der Waals surface area (Å²) in [5.41, 5.74) is -2.01. The average molecular weight is 286 g/mol. The molecule has 5 nitrogen and oxygen atoms in total. The van der Waals surface area contributed by atoms with Gasteiger partial charge >= 0.3 is 6.09 Å². The first-order valence-corrected chi connectivity index (χ1v) is 6.86. The van der Waals surface area contributed by atoms with Crippen molar-refractivity contribution in [2.75, 3.05) is 0 Å². The topological polar surface area (TPSA) is 84.6 Å². The SMILES string of the molecule is CC(C)(C)O.CCCC(C)(C#N)N(C(=O)O)C(C)(C)C. The van der Waals surface area contributed by atoms with Crippen LogP contribution in [0.5, 0.6) is 0 Å². The summed E-state index contributed by atoms with van der Waals surface area (Å²) in [4.78, 5) is 12.4. The molecule has 0 aliphatic rings. The van der Waals surface area contributed by atoms with E-state index in [4.69, 9.17) is 10.4 Å². The van der Waals surface area contributed by atoms with Crippen molar-refractivity contribution in [1.82, 2.24) is 4.90 Å². The standard InChI is InChI=1S/C11H20N2O2.C4H10O/c1-6-7-11(5,8-12)13(9(14)15)10(2,3)4;1-4(2,3)5/h6-7H2,1-5H3,(H,14,15);5H,1-3H3. The summed E-state index contributed by atoms with van der Waals surface area (Å²) in [5.74, 6) is 0. The minimum absolute atomic E-state index is 0.500. The van der Waals surface area contributed by atoms with Gasteiger partial charge in [0.15, 0.2) is 0 Å². The van der Waals surface area contributed by atoms with Crippen LogP contribution in [0.3, 0.4) is 0 Å². The van der Waals surface area contributed by atoms with Crippen LogP contribution >= 0.6 is 0 Å². The van der Waals surface area contributed by atoms with Gasteiger partial charge in [-0.3, -0.25) is 4.90 Å². The largest absolute Gasteiger partial charge is 0.465 e. The zero-order valence-electron chi connectivity index (χ0n) is 14.1. The normalized spacial score (nSPS) is 14.4. The molecule has 0 rings (SSSR count). The molecule has 0 aromatic heterocycles. The molecule has 0 heterocycles. The second-order valence-corrected chi connectivity index (χ2v) is 7.10. The Kier molecular flexibility index (Phi) is 7.87. The summed E-state index contributed by atoms with van der Waals surface area (Å²) in [6.07, 6.45) is 0.289. The zero-order chi connectivity index (χ0) is 16.8. The zero-order valence-corrected chi connectivity index (χ0v) is 14.1. The number of carbonyl (C=O) groups is 1. The molecule has 1 amide bonds. The molecular weight excluding hydrogens is 256 g/mol. The van der Waals surface area contributed by atoms with Gasteiger partial charge < -0.3 is 10.2 Å². The summed E-state index contributed by atoms with van der Waals surface area (Å²) in [7, 11) is 0. The third-order valence-electron chi connectivity index (χ3n) is 2.33. The number of rotatable bonds is 3. The number of nitrogens with zero attached hydrogens (tertiary/aromatic N) is 2. The first-order chi connectivity index (χ1) is 8.69. The van der Waals surface area contributed by atoms with E-state index in [1.165, 1.54) is 4.90 Å². The summed E-state index contributed by atoms with van der Waals surface area (Å²) < 4.78 is 0. The van der Waals surface area contributed by atoms with Crippen LogP contribution in [0.1, 0.15) is 68.2 Å². The van der Waals surface area contributed by atoms with Crippen LogP contribution in [0.2, 0.25) is 0 Å². The van der Waals surface area contributed by atoms with E-state index in [0.717, 1.165) is 6.42 Å². The van der Waals surface area contributed by atoms with E-state index in [2.05, 4.69) is 6.07 Å². The fraction of sp³-hybridized carbons (Fsp3) is 0.867. The van der Waals surface area contributed by atoms with Gasteiger partial charge in [0.05, 0.1) is 11.7 Å². The molecule has 2 N–H and O–H groups in total. The Bertz CT molecular complexity index is 342. The molecule has 0 aromatic rings. The van der Waals surface area contributed by atoms with Gasteiger partial charge in [-0.2, -0.15) is 5.26 Å². The highest BCUT2D eigenvalue weighted by Crippen LogP contribution is 2.28. The minimum atomic E-state index is -1.04. The van der Waals surface area contributed by atoms with E-state index in [0.29, 0.717) is 6.42 Å². The van der Waals surface area contributed by atoms with Crippen molar-refractivity contribution >= 4 is 6.09 Å². The Morgan fingerprint density at radius 3 is 1.65 bits per heavy atom. The van der Waals surface area contributed by atoms with E-state index in [9.17, 15) is 9.90 Å². The van der Waals surface area contributed by atoms with Gasteiger partial charge in [-0.15, -0.1) is 0 Å². The Balaban J connectivity index is 0. The maximum Gasteiger partial charge on any atom is 0.409 e. The highest BCUT2D eigenvalue weighted by Gasteiger charge is 2.41. The summed E-state index contributed by atoms with van der Waals surface area (Å²) in [6.45, 7) is 14.2. The van der Waals surface area contributed by atoms with Crippen LogP contribution in [0, 0.1) is 11.3 Å². The highest BCUT2D eigenvalue weighted by molar-refractivity contribution is 5.68. The maximum absolute atomic E-state index is 11.2. The predicted octanol–water partition coefficient (Wildman–Crippen LogP) is 3.62. The number of aliphatic hydroxyl groups is 1. The molecule has 5 heteroatoms. The van der Waals surface area contributed by atoms with Crippen molar-refractivity contribution in [1.29, 1.82) is 5.26 Å². The van der Waals surface area contributed by atoms with Crippen LogP contribution in [0.25, 0.3) is 0 Å². The Hall–Kier alpha value is -1.28. The van der Waals surface area contributed by atoms with Crippen LogP contribution < -0.4 is 0 Å². The Morgan fingerprint density at radius 2 is 1.50 bits per heavy atom. The second kappa shape index (κ2) is 7.49. The first-order valence-electron chi connectivity index (χ1n) is 6.86. The Morgan fingerprint density at radius 1 is 1.15 bits per heavy atom. The number of carboxylic acid groups (broad SMARTS) is 1. The average Bonchev–Trinajstić information content (AvgIpc) is 2.11. The number of hydrogen-bond donors (Lipinski definition) is 2. The molecule has 1 atom stereocenters. The van der Waals surface area contributed by atoms with E-state index in [1.807, 2.05) is 6.92 Å². The lowest BCUT2D eigenvalue weighted by Gasteiger charge is -2.43. The highest BCUT2D eigenvalue weighted by atomic mass is 16.4. The fourth-order valence-electron chi connectivity index (χ4n) is 1.94. The van der Waals surface area contributed by atoms with Crippen molar-refractivity contribution in [2.24, 2.45) is 0 Å². The molecule has 1 unspecified atom stereocenters. The molecule has 118 valence electrons. The molecule has 0 aliphatic carbocycles. The monoisotopic (exact) mass is 286 g/mol. The van der Waals surface area contributed by atoms with E-state index < -0.39 is 22.8 Å². The minimum Gasteiger partial charge on any atom is -0.465 e. The van der Waals surface area contributed by atoms with Crippen molar-refractivity contribution in [3.63, 3.8) is 0 Å². The maximum atomic E-state index is 11.2. The molecule has 0 aliphatic heterocycles. The first kappa shape index (κ1) is 21.0. The predicted molar refractivity (Wildman–Crippen MR) is 80.5 cm³/mol. The lowest BCUT2D eigenvalue weighted by Crippen LogP contribution is -2.57. The van der Waals surface area contributed by atoms with Crippen molar-refractivity contribution in [2.45, 2.75) is 84.9 Å². The van der Waals surface area contributed by atoms with Gasteiger partial charge in [0.25, 0.3) is 0 Å². The van der Waals surface area contributed by atoms with Crippen LogP contribution in [-0.4, -0.2) is 37.9 Å². The van der Waals surface area contributed by atoms with Gasteiger partial charge in [-0.1, -0.05) is 13.3 Å². The quantitative estimate of drug-likeness (QED) is 0.829. The summed E-state index contributed by atoms with van der Waals surface area (Å²) in [5, 5.41) is 26.8. The third-order valence-corrected chi connectivity index (χ3v) is 2.33. The van der Waals surface area contributed by atoms with Gasteiger partial charge in [-0.05, 0) is 54.9 Å². The number of nitriles is 1. The molecule has 0 radical (unpaired) electrons. The van der Waals surface area contributed by atoms with Gasteiger partial charge in [0.1, 0.15) is 5.54 Å². The molecule has 20 heavy (non-hydrogen) atoms. The van der Waals surface area contributed by atoms with E-state index in [-0.39, 0.29) is 0 Å². The lowest BCUT2D eigenvalue weighted by molar-refractivity contribution is 0.0456. The van der Waals surface area contributed by atoms with Gasteiger partial charge in [-0.25, -0.2) is 4.79 Å². The molecule has 0 fully saturated rings. The lowest BCUT2D eigenvalue weighted by atomic mass is 9.90. The summed E-state index contributed by atoms with van der Waals surface area (Å²) in [6, 6.07) is 2.11. The molecule has 0 spiro atoms. The smallest absolute Gasteiger partial charge is 0.409 e. The number of amides is 1. The molecule has 0 bridgehead atoms. The van der Waals surface area contributed by atoms with Gasteiger partial charge in [0, 0.05) is 5.54 Å². The molecular formula is C15H30N2O3. The molecule has 0 aromatic carbocycles. The molecule has 0 saturated heterocycles. The fourth-order valence-corrected chi connectivity index (χ4v) is 1.94. The van der Waals surface area contributed by atoms with Crippen LogP contribution in [0.15, 0.2) is 0 Å². The second-order valence-electron chi connectivity index (χ2n) is 7.10. The van der Waals surface area contributed by atoms with Crippen LogP contribution in [0.4, 0.5) is 4.79 Å². The van der Waals surface area contributed by atoms with Gasteiger partial charge in [0.2, 0.25) is 0 Å². The molecule has 0 saturated carbocycles. The van der Waals surface area contributed by atoms with Crippen LogP contribution in [-0.2, 0) is 0 Å². The van der Waals surface area contributed by atoms with Crippen molar-refractivity contribution in [3.05, 3.63) is 0 Å². The van der Waals surface area contributed by atoms with E-state index in [1.54, 1.807) is 48.5 Å². The van der Waals surface area contributed by atoms with Crippen molar-refractivity contribution < 1.29 is 15.0 Å². The third kappa shape index (κ3) is 8.76. The summed E-state index contributed by atoms with van der Waals surface area (Å²) >= 11 is 0. The van der Waals surface area contributed by atoms with Crippen molar-refractivity contribution in [3.8, 4) is 6.07 Å².